The summed E-state index contributed by atoms with van der Waals surface area (Å²) < 4.78 is 1.10. The van der Waals surface area contributed by atoms with E-state index in [1.54, 1.807) is 0 Å². The van der Waals surface area contributed by atoms with Crippen molar-refractivity contribution < 1.29 is 4.48 Å². The molecule has 0 saturated carbocycles. The molecule has 0 aliphatic carbocycles. The average molecular weight is 280 g/mol. The molecule has 0 unspecified atom stereocenters. The maximum atomic E-state index is 3.82. The van der Waals surface area contributed by atoms with Crippen molar-refractivity contribution in [2.75, 3.05) is 27.2 Å². The van der Waals surface area contributed by atoms with E-state index in [0.29, 0.717) is 0 Å². The van der Waals surface area contributed by atoms with Gasteiger partial charge in [0.2, 0.25) is 0 Å². The van der Waals surface area contributed by atoms with Crippen LogP contribution in [0.25, 0.3) is 0 Å². The summed E-state index contributed by atoms with van der Waals surface area (Å²) in [4.78, 5) is 0. The average Bonchev–Trinajstić information content (AvgIpc) is 2.22. The van der Waals surface area contributed by atoms with Crippen molar-refractivity contribution in [1.82, 2.24) is 6.15 Å². The van der Waals surface area contributed by atoms with Crippen molar-refractivity contribution in [3.63, 3.8) is 0 Å². The summed E-state index contributed by atoms with van der Waals surface area (Å²) in [5.41, 5.74) is 0. The Morgan fingerprint density at radius 2 is 1.33 bits per heavy atom. The second-order valence-electron chi connectivity index (χ2n) is 5.61. The Labute approximate surface area is 121 Å². The van der Waals surface area contributed by atoms with Crippen LogP contribution < -0.4 is 6.15 Å². The molecule has 3 heteroatoms. The fraction of sp³-hybridized carbons (Fsp3) is 0.867. The Morgan fingerprint density at radius 3 is 1.78 bits per heavy atom. The van der Waals surface area contributed by atoms with Crippen LogP contribution in [0, 0.1) is 0 Å². The van der Waals surface area contributed by atoms with E-state index in [0.717, 1.165) is 11.0 Å². The van der Waals surface area contributed by atoms with Gasteiger partial charge in [-0.1, -0.05) is 52.0 Å². The third-order valence-corrected chi connectivity index (χ3v) is 3.24. The van der Waals surface area contributed by atoms with Crippen LogP contribution in [0.3, 0.4) is 0 Å². The maximum Gasteiger partial charge on any atom is 0.0966 e. The minimum Gasteiger partial charge on any atom is -0.344 e. The van der Waals surface area contributed by atoms with Crippen LogP contribution in [0.15, 0.2) is 12.7 Å². The van der Waals surface area contributed by atoms with Gasteiger partial charge in [-0.3, -0.25) is 0 Å². The Bertz CT molecular complexity index is 170. The van der Waals surface area contributed by atoms with Gasteiger partial charge in [0.15, 0.2) is 0 Å². The van der Waals surface area contributed by atoms with Gasteiger partial charge in [-0.05, 0) is 18.9 Å². The molecule has 0 rings (SSSR count). The third-order valence-electron chi connectivity index (χ3n) is 3.24. The molecular weight excluding hydrogens is 244 g/mol. The van der Waals surface area contributed by atoms with E-state index in [1.807, 2.05) is 6.08 Å². The highest BCUT2D eigenvalue weighted by Crippen LogP contribution is 2.10. The number of unbranched alkanes of at least 4 members (excludes halogenated alkanes) is 7. The van der Waals surface area contributed by atoms with Gasteiger partial charge >= 0.3 is 0 Å². The molecule has 0 bridgehead atoms. The number of hydrogen-bond acceptors (Lipinski definition) is 1. The normalized spacial score (nSPS) is 10.4. The molecule has 0 heterocycles. The lowest BCUT2D eigenvalue weighted by Gasteiger charge is -2.28. The molecule has 2 nitrogen and oxygen atoms in total. The van der Waals surface area contributed by atoms with E-state index in [1.165, 1.54) is 57.9 Å². The van der Waals surface area contributed by atoms with Crippen LogP contribution in [0.5, 0.6) is 0 Å². The molecule has 0 aromatic rings. The Kier molecular flexibility index (Phi) is 19.2. The van der Waals surface area contributed by atoms with Gasteiger partial charge in [0, 0.05) is 0 Å². The molecule has 0 atom stereocenters. The van der Waals surface area contributed by atoms with Crippen molar-refractivity contribution >= 4 is 12.4 Å². The lowest BCUT2D eigenvalue weighted by atomic mass is 10.1. The second kappa shape index (κ2) is 15.0. The molecule has 0 radical (unpaired) electrons. The zero-order chi connectivity index (χ0) is 12.3. The summed E-state index contributed by atoms with van der Waals surface area (Å²) in [6.07, 6.45) is 13.3. The van der Waals surface area contributed by atoms with Gasteiger partial charge in [0.25, 0.3) is 0 Å². The fourth-order valence-corrected chi connectivity index (χ4v) is 2.11. The van der Waals surface area contributed by atoms with E-state index >= 15 is 0 Å². The van der Waals surface area contributed by atoms with Crippen LogP contribution in [0.4, 0.5) is 0 Å². The van der Waals surface area contributed by atoms with Crippen LogP contribution >= 0.6 is 12.4 Å². The zero-order valence-electron chi connectivity index (χ0n) is 12.9. The summed E-state index contributed by atoms with van der Waals surface area (Å²) in [6, 6.07) is 0. The SMILES string of the molecule is C=CC[N+](C)(C)CCCCCCCCCC.Cl.N. The largest absolute Gasteiger partial charge is 0.344 e. The summed E-state index contributed by atoms with van der Waals surface area (Å²) in [5, 5.41) is 0. The summed E-state index contributed by atoms with van der Waals surface area (Å²) in [6.45, 7) is 8.48. The number of hydrogen-bond donors (Lipinski definition) is 1. The first-order chi connectivity index (χ1) is 7.62. The lowest BCUT2D eigenvalue weighted by Crippen LogP contribution is -2.40. The third kappa shape index (κ3) is 16.0. The molecule has 0 fully saturated rings. The fourth-order valence-electron chi connectivity index (χ4n) is 2.11. The van der Waals surface area contributed by atoms with E-state index in [9.17, 15) is 0 Å². The number of rotatable bonds is 11. The predicted molar refractivity (Wildman–Crippen MR) is 86.9 cm³/mol. The van der Waals surface area contributed by atoms with E-state index in [4.69, 9.17) is 0 Å². The number of likely N-dealkylation sites (N-methyl/N-ethyl adjacent to an activating group) is 1. The Morgan fingerprint density at radius 1 is 0.889 bits per heavy atom. The first kappa shape index (κ1) is 23.1. The Hall–Kier alpha value is -0.0500. The number of halogens is 1. The van der Waals surface area contributed by atoms with Crippen molar-refractivity contribution in [1.29, 1.82) is 0 Å². The van der Waals surface area contributed by atoms with Gasteiger partial charge in [-0.25, -0.2) is 0 Å². The zero-order valence-corrected chi connectivity index (χ0v) is 13.7. The highest BCUT2D eigenvalue weighted by Gasteiger charge is 2.10. The second-order valence-corrected chi connectivity index (χ2v) is 5.61. The molecular formula is C15H36ClN2+. The summed E-state index contributed by atoms with van der Waals surface area (Å²) in [7, 11) is 4.59. The van der Waals surface area contributed by atoms with Gasteiger partial charge in [0.1, 0.15) is 0 Å². The predicted octanol–water partition coefficient (Wildman–Crippen LogP) is 4.97. The molecule has 0 spiro atoms. The van der Waals surface area contributed by atoms with Gasteiger partial charge in [-0.15, -0.1) is 12.4 Å². The van der Waals surface area contributed by atoms with E-state index in [-0.39, 0.29) is 18.6 Å². The molecule has 0 aliphatic rings. The maximum absolute atomic E-state index is 3.82. The molecule has 0 aliphatic heterocycles. The smallest absolute Gasteiger partial charge is 0.0966 e. The van der Waals surface area contributed by atoms with Crippen molar-refractivity contribution in [2.45, 2.75) is 58.3 Å². The van der Waals surface area contributed by atoms with E-state index in [2.05, 4.69) is 27.6 Å². The van der Waals surface area contributed by atoms with Crippen LogP contribution in [0.1, 0.15) is 58.3 Å². The highest BCUT2D eigenvalue weighted by molar-refractivity contribution is 5.85. The first-order valence-corrected chi connectivity index (χ1v) is 7.05. The quantitative estimate of drug-likeness (QED) is 0.323. The van der Waals surface area contributed by atoms with Crippen molar-refractivity contribution in [3.8, 4) is 0 Å². The molecule has 0 saturated heterocycles. The molecule has 112 valence electrons. The minimum absolute atomic E-state index is 0. The summed E-state index contributed by atoms with van der Waals surface area (Å²) >= 11 is 0. The Balaban J connectivity index is -0.00000112. The minimum atomic E-state index is 0. The van der Waals surface area contributed by atoms with Crippen LogP contribution in [0.2, 0.25) is 0 Å². The van der Waals surface area contributed by atoms with Crippen molar-refractivity contribution in [2.24, 2.45) is 0 Å². The van der Waals surface area contributed by atoms with Crippen LogP contribution in [-0.2, 0) is 0 Å². The van der Waals surface area contributed by atoms with E-state index < -0.39 is 0 Å². The van der Waals surface area contributed by atoms with Crippen molar-refractivity contribution in [3.05, 3.63) is 12.7 Å². The highest BCUT2D eigenvalue weighted by atomic mass is 35.5. The van der Waals surface area contributed by atoms with Gasteiger partial charge in [-0.2, -0.15) is 0 Å². The lowest BCUT2D eigenvalue weighted by molar-refractivity contribution is -0.884. The topological polar surface area (TPSA) is 35.0 Å². The number of nitrogens with zero attached hydrogens (tertiary/aromatic N) is 1. The molecule has 0 amide bonds. The molecule has 0 aromatic carbocycles. The number of quaternary nitrogens is 1. The van der Waals surface area contributed by atoms with Gasteiger partial charge < -0.3 is 10.6 Å². The summed E-state index contributed by atoms with van der Waals surface area (Å²) in [5.74, 6) is 0. The van der Waals surface area contributed by atoms with Crippen LogP contribution in [-0.4, -0.2) is 31.7 Å². The molecule has 0 aromatic heterocycles. The molecule has 3 N–H and O–H groups in total. The monoisotopic (exact) mass is 279 g/mol. The standard InChI is InChI=1S/C15H32N.ClH.H3N/c1-5-7-8-9-10-11-12-13-15-16(3,4)14-6-2;;/h6H,2,5,7-15H2,1,3-4H3;1H;1H3/q+1;;. The molecule has 18 heavy (non-hydrogen) atoms. The first-order valence-electron chi connectivity index (χ1n) is 7.05. The van der Waals surface area contributed by atoms with Gasteiger partial charge in [0.05, 0.1) is 27.2 Å².